The average Bonchev–Trinajstić information content (AvgIpc) is 2.82. The monoisotopic (exact) mass is 275 g/mol. The molecule has 0 aromatic heterocycles. The molecule has 0 aliphatic carbocycles. The van der Waals surface area contributed by atoms with Crippen molar-refractivity contribution in [3.63, 3.8) is 0 Å². The Morgan fingerprint density at radius 2 is 1.83 bits per heavy atom. The second-order valence-electron chi connectivity index (χ2n) is 4.55. The Balaban J connectivity index is 1.80. The highest BCUT2D eigenvalue weighted by Crippen LogP contribution is 2.41. The summed E-state index contributed by atoms with van der Waals surface area (Å²) in [5.41, 5.74) is 8.94. The van der Waals surface area contributed by atoms with Gasteiger partial charge in [0.1, 0.15) is 0 Å². The third kappa shape index (κ3) is 2.28. The normalized spacial score (nSPS) is 19.6. The lowest BCUT2D eigenvalue weighted by molar-refractivity contribution is 0.678. The molecule has 0 spiro atoms. The Kier molecular flexibility index (Phi) is 3.33. The fourth-order valence-corrected chi connectivity index (χ4v) is 3.79. The number of hydrogen-bond donors (Lipinski definition) is 1. The van der Waals surface area contributed by atoms with E-state index in [0.717, 1.165) is 17.0 Å². The minimum Gasteiger partial charge on any atom is -0.323 e. The van der Waals surface area contributed by atoms with E-state index in [-0.39, 0.29) is 6.04 Å². The number of hydrogen-bond acceptors (Lipinski definition) is 2. The first-order valence-corrected chi connectivity index (χ1v) is 7.25. The van der Waals surface area contributed by atoms with Gasteiger partial charge in [-0.1, -0.05) is 41.9 Å². The van der Waals surface area contributed by atoms with Gasteiger partial charge in [-0.25, -0.2) is 0 Å². The van der Waals surface area contributed by atoms with Gasteiger partial charge in [-0.15, -0.1) is 11.8 Å². The SMILES string of the molecule is NC(c1ccc(Cl)cc1)C1Cc2ccccc2S1. The molecule has 18 heavy (non-hydrogen) atoms. The van der Waals surface area contributed by atoms with E-state index in [1.54, 1.807) is 0 Å². The van der Waals surface area contributed by atoms with Crippen LogP contribution < -0.4 is 5.73 Å². The first kappa shape index (κ1) is 12.1. The second kappa shape index (κ2) is 4.96. The molecule has 1 nitrogen and oxygen atoms in total. The predicted molar refractivity (Wildman–Crippen MR) is 78.2 cm³/mol. The number of rotatable bonds is 2. The van der Waals surface area contributed by atoms with Gasteiger partial charge in [0.15, 0.2) is 0 Å². The zero-order chi connectivity index (χ0) is 12.5. The maximum absolute atomic E-state index is 6.37. The van der Waals surface area contributed by atoms with Crippen molar-refractivity contribution in [1.29, 1.82) is 0 Å². The molecule has 0 saturated heterocycles. The molecule has 0 fully saturated rings. The molecule has 3 heteroatoms. The summed E-state index contributed by atoms with van der Waals surface area (Å²) in [6.45, 7) is 0. The Morgan fingerprint density at radius 1 is 1.11 bits per heavy atom. The number of fused-ring (bicyclic) bond motifs is 1. The van der Waals surface area contributed by atoms with Crippen LogP contribution in [0.25, 0.3) is 0 Å². The van der Waals surface area contributed by atoms with Crippen molar-refractivity contribution in [2.45, 2.75) is 22.6 Å². The molecule has 92 valence electrons. The minimum absolute atomic E-state index is 0.0552. The van der Waals surface area contributed by atoms with Gasteiger partial charge in [0, 0.05) is 21.2 Å². The Hall–Kier alpha value is -0.960. The quantitative estimate of drug-likeness (QED) is 0.895. The number of benzene rings is 2. The Morgan fingerprint density at radius 3 is 2.56 bits per heavy atom. The number of nitrogens with two attached hydrogens (primary N) is 1. The first-order valence-electron chi connectivity index (χ1n) is 5.99. The third-order valence-corrected chi connectivity index (χ3v) is 4.99. The summed E-state index contributed by atoms with van der Waals surface area (Å²) in [5.74, 6) is 0. The molecule has 0 saturated carbocycles. The van der Waals surface area contributed by atoms with Gasteiger partial charge >= 0.3 is 0 Å². The second-order valence-corrected chi connectivity index (χ2v) is 6.26. The maximum Gasteiger partial charge on any atom is 0.0422 e. The smallest absolute Gasteiger partial charge is 0.0422 e. The lowest BCUT2D eigenvalue weighted by Gasteiger charge is -2.18. The molecule has 1 aliphatic rings. The zero-order valence-electron chi connectivity index (χ0n) is 9.84. The van der Waals surface area contributed by atoms with Gasteiger partial charge in [-0.3, -0.25) is 0 Å². The summed E-state index contributed by atoms with van der Waals surface area (Å²) in [5, 5.41) is 1.18. The molecule has 2 aromatic rings. The zero-order valence-corrected chi connectivity index (χ0v) is 11.4. The fraction of sp³-hybridized carbons (Fsp3) is 0.200. The van der Waals surface area contributed by atoms with Crippen molar-refractivity contribution in [2.75, 3.05) is 0 Å². The maximum atomic E-state index is 6.37. The molecule has 3 rings (SSSR count). The van der Waals surface area contributed by atoms with Crippen molar-refractivity contribution in [3.8, 4) is 0 Å². The Bertz CT molecular complexity index is 528. The van der Waals surface area contributed by atoms with Crippen LogP contribution in [-0.2, 0) is 6.42 Å². The van der Waals surface area contributed by atoms with Crippen LogP contribution in [0, 0.1) is 0 Å². The highest BCUT2D eigenvalue weighted by Gasteiger charge is 2.27. The Labute approximate surface area is 116 Å². The molecular weight excluding hydrogens is 262 g/mol. The van der Waals surface area contributed by atoms with Crippen molar-refractivity contribution in [1.82, 2.24) is 0 Å². The fourth-order valence-electron chi connectivity index (χ4n) is 2.31. The summed E-state index contributed by atoms with van der Waals surface area (Å²) in [6.07, 6.45) is 1.05. The molecule has 2 unspecified atom stereocenters. The highest BCUT2D eigenvalue weighted by molar-refractivity contribution is 8.00. The molecule has 2 N–H and O–H groups in total. The van der Waals surface area contributed by atoms with E-state index in [0.29, 0.717) is 5.25 Å². The van der Waals surface area contributed by atoms with Gasteiger partial charge in [0.25, 0.3) is 0 Å². The van der Waals surface area contributed by atoms with Crippen molar-refractivity contribution in [2.24, 2.45) is 5.73 Å². The lowest BCUT2D eigenvalue weighted by Crippen LogP contribution is -2.23. The predicted octanol–water partition coefficient (Wildman–Crippen LogP) is 4.06. The average molecular weight is 276 g/mol. The summed E-state index contributed by atoms with van der Waals surface area (Å²) in [6, 6.07) is 16.5. The van der Waals surface area contributed by atoms with E-state index in [4.69, 9.17) is 17.3 Å². The van der Waals surface area contributed by atoms with Crippen LogP contribution in [0.5, 0.6) is 0 Å². The lowest BCUT2D eigenvalue weighted by atomic mass is 10.00. The van der Waals surface area contributed by atoms with Crippen LogP contribution in [-0.4, -0.2) is 5.25 Å². The van der Waals surface area contributed by atoms with Crippen LogP contribution in [0.15, 0.2) is 53.4 Å². The molecule has 0 amide bonds. The summed E-state index contributed by atoms with van der Waals surface area (Å²) in [7, 11) is 0. The molecule has 0 bridgehead atoms. The van der Waals surface area contributed by atoms with Gasteiger partial charge < -0.3 is 5.73 Å². The van der Waals surface area contributed by atoms with E-state index in [1.165, 1.54) is 10.5 Å². The molecule has 1 heterocycles. The van der Waals surface area contributed by atoms with Crippen molar-refractivity contribution < 1.29 is 0 Å². The van der Waals surface area contributed by atoms with Crippen LogP contribution in [0.2, 0.25) is 5.02 Å². The van der Waals surface area contributed by atoms with Crippen molar-refractivity contribution >= 4 is 23.4 Å². The van der Waals surface area contributed by atoms with Crippen LogP contribution in [0.3, 0.4) is 0 Å². The highest BCUT2D eigenvalue weighted by atomic mass is 35.5. The summed E-state index contributed by atoms with van der Waals surface area (Å²) < 4.78 is 0. The molecular formula is C15H14ClNS. The van der Waals surface area contributed by atoms with Crippen LogP contribution >= 0.6 is 23.4 Å². The summed E-state index contributed by atoms with van der Waals surface area (Å²) in [4.78, 5) is 1.37. The van der Waals surface area contributed by atoms with Gasteiger partial charge in [-0.05, 0) is 35.7 Å². The minimum atomic E-state index is 0.0552. The van der Waals surface area contributed by atoms with Gasteiger partial charge in [0.05, 0.1) is 0 Å². The molecule has 2 aromatic carbocycles. The van der Waals surface area contributed by atoms with Crippen molar-refractivity contribution in [3.05, 3.63) is 64.7 Å². The molecule has 1 aliphatic heterocycles. The largest absolute Gasteiger partial charge is 0.323 e. The first-order chi connectivity index (χ1) is 8.74. The number of thioether (sulfide) groups is 1. The molecule has 2 atom stereocenters. The summed E-state index contributed by atoms with van der Waals surface area (Å²) >= 11 is 7.79. The van der Waals surface area contributed by atoms with E-state index in [1.807, 2.05) is 36.0 Å². The molecule has 0 radical (unpaired) electrons. The van der Waals surface area contributed by atoms with E-state index in [9.17, 15) is 0 Å². The number of halogens is 1. The van der Waals surface area contributed by atoms with E-state index >= 15 is 0 Å². The van der Waals surface area contributed by atoms with Gasteiger partial charge in [-0.2, -0.15) is 0 Å². The van der Waals surface area contributed by atoms with Crippen LogP contribution in [0.1, 0.15) is 17.2 Å². The van der Waals surface area contributed by atoms with Gasteiger partial charge in [0.2, 0.25) is 0 Å². The van der Waals surface area contributed by atoms with Crippen LogP contribution in [0.4, 0.5) is 0 Å². The van der Waals surface area contributed by atoms with E-state index < -0.39 is 0 Å². The van der Waals surface area contributed by atoms with E-state index in [2.05, 4.69) is 24.3 Å². The topological polar surface area (TPSA) is 26.0 Å². The third-order valence-electron chi connectivity index (χ3n) is 3.33. The standard InChI is InChI=1S/C15H14ClNS/c16-12-7-5-10(6-8-12)15(17)14-9-11-3-1-2-4-13(11)18-14/h1-8,14-15H,9,17H2.